The number of nitrogens with zero attached hydrogens (tertiary/aromatic N) is 5. The Kier molecular flexibility index (Phi) is 5.95. The van der Waals surface area contributed by atoms with Gasteiger partial charge in [0.1, 0.15) is 17.0 Å². The molecule has 4 rings (SSSR count). The SMILES string of the molecule is COc1ccc(Cl)cc1-c1nn(C[C@H](O)C(F)(F)F)cc1NC(=O)c1cnn2cccnc12. The monoisotopic (exact) mass is 480 g/mol. The number of rotatable bonds is 6. The van der Waals surface area contributed by atoms with E-state index in [1.165, 1.54) is 36.3 Å². The number of aliphatic hydroxyl groups is 1. The van der Waals surface area contributed by atoms with Gasteiger partial charge in [-0.15, -0.1) is 0 Å². The topological polar surface area (TPSA) is 107 Å². The zero-order chi connectivity index (χ0) is 23.8. The third-order valence-corrected chi connectivity index (χ3v) is 4.92. The van der Waals surface area contributed by atoms with Crippen LogP contribution in [-0.4, -0.2) is 54.8 Å². The molecule has 1 amide bonds. The molecule has 0 spiro atoms. The van der Waals surface area contributed by atoms with Crippen molar-refractivity contribution >= 4 is 28.8 Å². The minimum Gasteiger partial charge on any atom is -0.496 e. The smallest absolute Gasteiger partial charge is 0.416 e. The standard InChI is InChI=1S/C20H16ClF3N6O3/c1-33-15-4-3-11(21)7-12(15)17-14(9-29(28-17)10-16(31)20(22,23)24)27-19(32)13-8-26-30-6-2-5-25-18(13)30/h2-9,16,31H,10H2,1H3,(H,27,32)/t16-/m0/s1. The van der Waals surface area contributed by atoms with Crippen LogP contribution in [0.15, 0.2) is 49.1 Å². The summed E-state index contributed by atoms with van der Waals surface area (Å²) in [4.78, 5) is 17.1. The minimum atomic E-state index is -4.84. The number of amides is 1. The van der Waals surface area contributed by atoms with Crippen molar-refractivity contribution in [3.63, 3.8) is 0 Å². The molecular weight excluding hydrogens is 465 g/mol. The Hall–Kier alpha value is -3.64. The van der Waals surface area contributed by atoms with Crippen molar-refractivity contribution in [3.8, 4) is 17.0 Å². The van der Waals surface area contributed by atoms with Crippen molar-refractivity contribution in [1.82, 2.24) is 24.4 Å². The van der Waals surface area contributed by atoms with Crippen LogP contribution in [0.3, 0.4) is 0 Å². The molecule has 0 aliphatic rings. The Labute approximate surface area is 189 Å². The molecule has 0 radical (unpaired) electrons. The normalized spacial score (nSPS) is 12.7. The molecule has 172 valence electrons. The van der Waals surface area contributed by atoms with Crippen LogP contribution in [0.1, 0.15) is 10.4 Å². The van der Waals surface area contributed by atoms with Gasteiger partial charge in [-0.05, 0) is 24.3 Å². The number of aromatic nitrogens is 5. The number of benzene rings is 1. The van der Waals surface area contributed by atoms with E-state index in [4.69, 9.17) is 16.3 Å². The van der Waals surface area contributed by atoms with Crippen LogP contribution < -0.4 is 10.1 Å². The van der Waals surface area contributed by atoms with Crippen LogP contribution >= 0.6 is 11.6 Å². The van der Waals surface area contributed by atoms with Crippen LogP contribution in [-0.2, 0) is 6.54 Å². The van der Waals surface area contributed by atoms with Gasteiger partial charge in [0.15, 0.2) is 11.8 Å². The first-order chi connectivity index (χ1) is 15.7. The highest BCUT2D eigenvalue weighted by atomic mass is 35.5. The molecular formula is C20H16ClF3N6O3. The summed E-state index contributed by atoms with van der Waals surface area (Å²) in [6, 6.07) is 6.26. The quantitative estimate of drug-likeness (QED) is 0.438. The number of carbonyl (C=O) groups is 1. The minimum absolute atomic E-state index is 0.0743. The number of hydrogen-bond acceptors (Lipinski definition) is 6. The molecule has 0 fully saturated rings. The summed E-state index contributed by atoms with van der Waals surface area (Å²) in [5.41, 5.74) is 0.935. The molecule has 9 nitrogen and oxygen atoms in total. The molecule has 1 aromatic carbocycles. The van der Waals surface area contributed by atoms with Gasteiger partial charge in [0.25, 0.3) is 5.91 Å². The first-order valence-electron chi connectivity index (χ1n) is 9.43. The Morgan fingerprint density at radius 3 is 2.88 bits per heavy atom. The number of ether oxygens (including phenoxy) is 1. The first-order valence-corrected chi connectivity index (χ1v) is 9.81. The molecule has 0 aliphatic heterocycles. The first kappa shape index (κ1) is 22.6. The van der Waals surface area contributed by atoms with Crippen LogP contribution in [0.4, 0.5) is 18.9 Å². The number of methoxy groups -OCH3 is 1. The number of anilines is 1. The van der Waals surface area contributed by atoms with Gasteiger partial charge in [-0.1, -0.05) is 11.6 Å². The largest absolute Gasteiger partial charge is 0.496 e. The average Bonchev–Trinajstić information content (AvgIpc) is 3.37. The fraction of sp³-hybridized carbons (Fsp3) is 0.200. The van der Waals surface area contributed by atoms with E-state index in [-0.39, 0.29) is 22.6 Å². The maximum Gasteiger partial charge on any atom is 0.416 e. The molecule has 33 heavy (non-hydrogen) atoms. The number of nitrogens with one attached hydrogen (secondary N) is 1. The predicted octanol–water partition coefficient (Wildman–Crippen LogP) is 3.43. The summed E-state index contributed by atoms with van der Waals surface area (Å²) in [6.07, 6.45) is -1.90. The zero-order valence-corrected chi connectivity index (χ0v) is 17.7. The highest BCUT2D eigenvalue weighted by Crippen LogP contribution is 2.36. The lowest BCUT2D eigenvalue weighted by molar-refractivity contribution is -0.208. The van der Waals surface area contributed by atoms with Gasteiger partial charge in [-0.2, -0.15) is 23.4 Å². The number of halogens is 4. The Morgan fingerprint density at radius 2 is 2.15 bits per heavy atom. The van der Waals surface area contributed by atoms with Gasteiger partial charge < -0.3 is 15.2 Å². The van der Waals surface area contributed by atoms with Gasteiger partial charge in [0.05, 0.1) is 25.5 Å². The third kappa shape index (κ3) is 4.61. The maximum absolute atomic E-state index is 13.0. The molecule has 4 aromatic rings. The third-order valence-electron chi connectivity index (χ3n) is 4.69. The van der Waals surface area contributed by atoms with Crippen molar-refractivity contribution in [2.45, 2.75) is 18.8 Å². The van der Waals surface area contributed by atoms with Crippen LogP contribution in [0.5, 0.6) is 5.75 Å². The van der Waals surface area contributed by atoms with Gasteiger partial charge in [0.2, 0.25) is 0 Å². The van der Waals surface area contributed by atoms with Crippen LogP contribution in [0.25, 0.3) is 16.9 Å². The lowest BCUT2D eigenvalue weighted by Gasteiger charge is -2.14. The second-order valence-corrected chi connectivity index (χ2v) is 7.35. The lowest BCUT2D eigenvalue weighted by Crippen LogP contribution is -2.32. The number of alkyl halides is 3. The van der Waals surface area contributed by atoms with E-state index in [9.17, 15) is 23.1 Å². The van der Waals surface area contributed by atoms with E-state index < -0.39 is 24.7 Å². The lowest BCUT2D eigenvalue weighted by atomic mass is 10.1. The maximum atomic E-state index is 13.0. The Balaban J connectivity index is 1.75. The van der Waals surface area contributed by atoms with Crippen molar-refractivity contribution in [2.75, 3.05) is 12.4 Å². The molecule has 0 saturated heterocycles. The summed E-state index contributed by atoms with van der Waals surface area (Å²) in [6.45, 7) is -0.881. The van der Waals surface area contributed by atoms with Crippen molar-refractivity contribution in [2.24, 2.45) is 0 Å². The fourth-order valence-corrected chi connectivity index (χ4v) is 3.30. The van der Waals surface area contributed by atoms with E-state index >= 15 is 0 Å². The summed E-state index contributed by atoms with van der Waals surface area (Å²) < 4.78 is 46.2. The average molecular weight is 481 g/mol. The summed E-state index contributed by atoms with van der Waals surface area (Å²) >= 11 is 6.09. The molecule has 2 N–H and O–H groups in total. The number of aliphatic hydroxyl groups excluding tert-OH is 1. The molecule has 0 bridgehead atoms. The molecule has 3 aromatic heterocycles. The second kappa shape index (κ2) is 8.71. The number of hydrogen-bond donors (Lipinski definition) is 2. The molecule has 0 saturated carbocycles. The molecule has 13 heteroatoms. The van der Waals surface area contributed by atoms with Crippen LogP contribution in [0, 0.1) is 0 Å². The zero-order valence-electron chi connectivity index (χ0n) is 16.9. The second-order valence-electron chi connectivity index (χ2n) is 6.92. The van der Waals surface area contributed by atoms with E-state index in [1.54, 1.807) is 24.4 Å². The fourth-order valence-electron chi connectivity index (χ4n) is 3.13. The highest BCUT2D eigenvalue weighted by Gasteiger charge is 2.38. The Bertz CT molecular complexity index is 1320. The van der Waals surface area contributed by atoms with Gasteiger partial charge >= 0.3 is 6.18 Å². The van der Waals surface area contributed by atoms with E-state index in [1.807, 2.05) is 0 Å². The number of fused-ring (bicyclic) bond motifs is 1. The van der Waals surface area contributed by atoms with Crippen molar-refractivity contribution in [1.29, 1.82) is 0 Å². The van der Waals surface area contributed by atoms with Crippen LogP contribution in [0.2, 0.25) is 5.02 Å². The van der Waals surface area contributed by atoms with E-state index in [2.05, 4.69) is 20.5 Å². The molecule has 1 atom stereocenters. The summed E-state index contributed by atoms with van der Waals surface area (Å²) in [7, 11) is 1.40. The van der Waals surface area contributed by atoms with Crippen molar-refractivity contribution in [3.05, 3.63) is 59.6 Å². The molecule has 0 aliphatic carbocycles. The van der Waals surface area contributed by atoms with Crippen molar-refractivity contribution < 1.29 is 27.8 Å². The molecule has 0 unspecified atom stereocenters. The van der Waals surface area contributed by atoms with E-state index in [0.717, 1.165) is 4.68 Å². The Morgan fingerprint density at radius 1 is 1.36 bits per heavy atom. The van der Waals surface area contributed by atoms with Gasteiger partial charge in [-0.3, -0.25) is 9.48 Å². The number of carbonyl (C=O) groups excluding carboxylic acids is 1. The summed E-state index contributed by atoms with van der Waals surface area (Å²) in [5, 5.41) is 20.6. The summed E-state index contributed by atoms with van der Waals surface area (Å²) in [5.74, 6) is -0.281. The molecule has 3 heterocycles. The van der Waals surface area contributed by atoms with E-state index in [0.29, 0.717) is 16.3 Å². The highest BCUT2D eigenvalue weighted by molar-refractivity contribution is 6.31. The van der Waals surface area contributed by atoms with Gasteiger partial charge in [-0.25, -0.2) is 9.50 Å². The van der Waals surface area contributed by atoms with Gasteiger partial charge in [0, 0.05) is 29.2 Å². The predicted molar refractivity (Wildman–Crippen MR) is 112 cm³/mol.